The largest absolute Gasteiger partial charge is 0.478 e. The maximum atomic E-state index is 14.8. The van der Waals surface area contributed by atoms with Crippen molar-refractivity contribution in [3.05, 3.63) is 75.8 Å². The van der Waals surface area contributed by atoms with Crippen molar-refractivity contribution < 1.29 is 35.9 Å². The molecule has 33 heavy (non-hydrogen) atoms. The number of halogens is 5. The van der Waals surface area contributed by atoms with Crippen molar-refractivity contribution >= 4 is 27.4 Å². The molecule has 5 nitrogen and oxygen atoms in total. The lowest BCUT2D eigenvalue weighted by Gasteiger charge is -2.17. The Morgan fingerprint density at radius 1 is 1.09 bits per heavy atom. The average molecular weight is 502 g/mol. The van der Waals surface area contributed by atoms with Crippen molar-refractivity contribution in [3.8, 4) is 5.69 Å². The Morgan fingerprint density at radius 3 is 2.42 bits per heavy atom. The minimum Gasteiger partial charge on any atom is -0.478 e. The van der Waals surface area contributed by atoms with E-state index >= 15 is 0 Å². The lowest BCUT2D eigenvalue weighted by Crippen LogP contribution is -2.15. The molecule has 0 spiro atoms. The third kappa shape index (κ3) is 4.02. The topological polar surface area (TPSA) is 76.4 Å². The Kier molecular flexibility index (Phi) is 5.78. The summed E-state index contributed by atoms with van der Waals surface area (Å²) in [6.07, 6.45) is -1.95. The monoisotopic (exact) mass is 501 g/mol. The van der Waals surface area contributed by atoms with E-state index in [1.54, 1.807) is 0 Å². The SMILES string of the molecule is O=C(O)c1ccc(-n2cc(S(=O)(=O)c3c(Cl)cccc3C(F)(F)F)c3c2CCCC3)c(F)c1. The van der Waals surface area contributed by atoms with Gasteiger partial charge in [-0.1, -0.05) is 17.7 Å². The van der Waals surface area contributed by atoms with Gasteiger partial charge in [0.25, 0.3) is 0 Å². The number of alkyl halides is 3. The number of hydrogen-bond donors (Lipinski definition) is 1. The number of carbonyl (C=O) groups is 1. The summed E-state index contributed by atoms with van der Waals surface area (Å²) in [5, 5.41) is 8.49. The fourth-order valence-electron chi connectivity index (χ4n) is 4.09. The lowest BCUT2D eigenvalue weighted by atomic mass is 9.98. The van der Waals surface area contributed by atoms with Crippen LogP contribution in [0, 0.1) is 5.82 Å². The number of aromatic nitrogens is 1. The van der Waals surface area contributed by atoms with Crippen LogP contribution in [-0.4, -0.2) is 24.1 Å². The standard InChI is InChI=1S/C22H16ClF4NO4S/c23-15-6-3-5-14(22(25,26)27)20(15)33(31,32)19-11-28(17-7-2-1-4-13(17)19)18-9-8-12(21(29)30)10-16(18)24/h3,5-6,8-11H,1-2,4,7H2,(H,29,30). The van der Waals surface area contributed by atoms with Crippen LogP contribution in [0.4, 0.5) is 17.6 Å². The van der Waals surface area contributed by atoms with Gasteiger partial charge in [0.05, 0.1) is 26.7 Å². The summed E-state index contributed by atoms with van der Waals surface area (Å²) in [4.78, 5) is 9.69. The van der Waals surface area contributed by atoms with Crippen molar-refractivity contribution in [2.75, 3.05) is 0 Å². The fourth-order valence-corrected chi connectivity index (χ4v) is 6.38. The maximum Gasteiger partial charge on any atom is 0.417 e. The van der Waals surface area contributed by atoms with Crippen LogP contribution in [0.25, 0.3) is 5.69 Å². The van der Waals surface area contributed by atoms with Crippen LogP contribution < -0.4 is 0 Å². The van der Waals surface area contributed by atoms with E-state index in [0.29, 0.717) is 36.6 Å². The molecule has 2 aromatic carbocycles. The second-order valence-electron chi connectivity index (χ2n) is 7.58. The number of nitrogens with zero attached hydrogens (tertiary/aromatic N) is 1. The van der Waals surface area contributed by atoms with Gasteiger partial charge >= 0.3 is 12.1 Å². The smallest absolute Gasteiger partial charge is 0.417 e. The summed E-state index contributed by atoms with van der Waals surface area (Å²) >= 11 is 5.95. The third-order valence-electron chi connectivity index (χ3n) is 5.56. The van der Waals surface area contributed by atoms with Gasteiger partial charge in [0, 0.05) is 11.9 Å². The molecule has 1 heterocycles. The molecule has 0 amide bonds. The molecule has 0 radical (unpaired) electrons. The van der Waals surface area contributed by atoms with E-state index < -0.39 is 43.3 Å². The van der Waals surface area contributed by atoms with E-state index in [1.165, 1.54) is 16.7 Å². The second-order valence-corrected chi connectivity index (χ2v) is 9.85. The molecule has 0 saturated heterocycles. The zero-order valence-electron chi connectivity index (χ0n) is 16.8. The number of carboxylic acid groups (broad SMARTS) is 1. The molecule has 11 heteroatoms. The van der Waals surface area contributed by atoms with Crippen LogP contribution in [0.2, 0.25) is 5.02 Å². The zero-order valence-corrected chi connectivity index (χ0v) is 18.4. The lowest BCUT2D eigenvalue weighted by molar-refractivity contribution is -0.139. The number of aromatic carboxylic acids is 1. The maximum absolute atomic E-state index is 14.8. The van der Waals surface area contributed by atoms with Gasteiger partial charge in [0.1, 0.15) is 10.7 Å². The third-order valence-corrected chi connectivity index (χ3v) is 7.89. The van der Waals surface area contributed by atoms with Crippen LogP contribution in [0.15, 0.2) is 52.4 Å². The Hall–Kier alpha value is -2.85. The van der Waals surface area contributed by atoms with E-state index in [2.05, 4.69) is 0 Å². The van der Waals surface area contributed by atoms with Crippen LogP contribution in [-0.2, 0) is 28.9 Å². The molecule has 1 N–H and O–H groups in total. The van der Waals surface area contributed by atoms with E-state index in [-0.39, 0.29) is 22.6 Å². The van der Waals surface area contributed by atoms with E-state index in [9.17, 15) is 30.8 Å². The molecular weight excluding hydrogens is 486 g/mol. The molecule has 0 fully saturated rings. The number of fused-ring (bicyclic) bond motifs is 1. The van der Waals surface area contributed by atoms with Crippen molar-refractivity contribution in [2.24, 2.45) is 0 Å². The molecule has 0 bridgehead atoms. The summed E-state index contributed by atoms with van der Waals surface area (Å²) in [5.41, 5.74) is -1.03. The van der Waals surface area contributed by atoms with Crippen molar-refractivity contribution in [1.29, 1.82) is 0 Å². The van der Waals surface area contributed by atoms with Crippen molar-refractivity contribution in [3.63, 3.8) is 0 Å². The normalized spacial score (nSPS) is 14.2. The van der Waals surface area contributed by atoms with Crippen LogP contribution in [0.3, 0.4) is 0 Å². The van der Waals surface area contributed by atoms with Gasteiger partial charge in [-0.2, -0.15) is 13.2 Å². The summed E-state index contributed by atoms with van der Waals surface area (Å²) < 4.78 is 83.9. The van der Waals surface area contributed by atoms with Gasteiger partial charge < -0.3 is 9.67 Å². The van der Waals surface area contributed by atoms with Crippen LogP contribution in [0.1, 0.15) is 40.0 Å². The van der Waals surface area contributed by atoms with Gasteiger partial charge in [-0.15, -0.1) is 0 Å². The molecule has 1 aliphatic carbocycles. The Morgan fingerprint density at radius 2 is 1.79 bits per heavy atom. The van der Waals surface area contributed by atoms with Crippen LogP contribution >= 0.6 is 11.6 Å². The van der Waals surface area contributed by atoms with Gasteiger partial charge in [0.2, 0.25) is 9.84 Å². The Balaban J connectivity index is 1.97. The number of sulfone groups is 1. The average Bonchev–Trinajstić information content (AvgIpc) is 3.13. The first-order valence-electron chi connectivity index (χ1n) is 9.80. The molecule has 1 aliphatic rings. The first kappa shape index (κ1) is 23.3. The summed E-state index contributed by atoms with van der Waals surface area (Å²) in [6.45, 7) is 0. The molecular formula is C22H16ClF4NO4S. The van der Waals surface area contributed by atoms with Gasteiger partial charge in [-0.25, -0.2) is 17.6 Å². The minimum absolute atomic E-state index is 0.102. The number of carboxylic acids is 1. The Labute approximate surface area is 191 Å². The summed E-state index contributed by atoms with van der Waals surface area (Å²) in [7, 11) is -4.74. The molecule has 174 valence electrons. The predicted molar refractivity (Wildman–Crippen MR) is 111 cm³/mol. The highest BCUT2D eigenvalue weighted by Crippen LogP contribution is 2.42. The first-order chi connectivity index (χ1) is 15.4. The van der Waals surface area contributed by atoms with E-state index in [0.717, 1.165) is 24.4 Å². The van der Waals surface area contributed by atoms with E-state index in [4.69, 9.17) is 16.7 Å². The number of rotatable bonds is 4. The second kappa shape index (κ2) is 8.18. The molecule has 0 unspecified atom stereocenters. The van der Waals surface area contributed by atoms with Gasteiger partial charge in [-0.3, -0.25) is 0 Å². The quantitative estimate of drug-likeness (QED) is 0.465. The number of benzene rings is 2. The molecule has 1 aromatic heterocycles. The molecule has 0 saturated carbocycles. The van der Waals surface area contributed by atoms with Gasteiger partial charge in [-0.05, 0) is 61.6 Å². The predicted octanol–water partition coefficient (Wildman–Crippen LogP) is 5.70. The first-order valence-corrected chi connectivity index (χ1v) is 11.7. The summed E-state index contributed by atoms with van der Waals surface area (Å²) in [6, 6.07) is 5.89. The van der Waals surface area contributed by atoms with Gasteiger partial charge in [0.15, 0.2) is 0 Å². The molecule has 3 aromatic rings. The molecule has 4 rings (SSSR count). The highest BCUT2D eigenvalue weighted by atomic mass is 35.5. The molecule has 0 atom stereocenters. The Bertz CT molecular complexity index is 1380. The van der Waals surface area contributed by atoms with Crippen molar-refractivity contribution in [2.45, 2.75) is 41.7 Å². The van der Waals surface area contributed by atoms with Crippen molar-refractivity contribution in [1.82, 2.24) is 4.57 Å². The highest BCUT2D eigenvalue weighted by Gasteiger charge is 2.40. The van der Waals surface area contributed by atoms with E-state index in [1.807, 2.05) is 0 Å². The summed E-state index contributed by atoms with van der Waals surface area (Å²) in [5.74, 6) is -2.24. The highest BCUT2D eigenvalue weighted by molar-refractivity contribution is 7.91. The fraction of sp³-hybridized carbons (Fsp3) is 0.227. The zero-order chi connectivity index (χ0) is 24.1. The number of hydrogen-bond acceptors (Lipinski definition) is 3. The molecule has 0 aliphatic heterocycles. The van der Waals surface area contributed by atoms with Crippen LogP contribution in [0.5, 0.6) is 0 Å². The minimum atomic E-state index is -4.96.